The van der Waals surface area contributed by atoms with Crippen LogP contribution < -0.4 is 14.2 Å². The second-order valence-corrected chi connectivity index (χ2v) is 8.31. The first-order valence-corrected chi connectivity index (χ1v) is 12.2. The Kier molecular flexibility index (Phi) is 8.75. The van der Waals surface area contributed by atoms with Crippen molar-refractivity contribution in [3.8, 4) is 17.2 Å². The third kappa shape index (κ3) is 6.88. The Morgan fingerprint density at radius 3 is 2.19 bits per heavy atom. The van der Waals surface area contributed by atoms with Crippen LogP contribution in [0.2, 0.25) is 0 Å². The van der Waals surface area contributed by atoms with Crippen molar-refractivity contribution in [2.75, 3.05) is 26.9 Å². The van der Waals surface area contributed by atoms with Gasteiger partial charge in [0.25, 0.3) is 5.91 Å². The number of nitrogens with zero attached hydrogens (tertiary/aromatic N) is 2. The lowest BCUT2D eigenvalue weighted by molar-refractivity contribution is -0.153. The number of amides is 1. The fourth-order valence-corrected chi connectivity index (χ4v) is 3.96. The van der Waals surface area contributed by atoms with Gasteiger partial charge in [-0.3, -0.25) is 9.59 Å². The minimum absolute atomic E-state index is 0.0148. The molecule has 0 aliphatic carbocycles. The zero-order valence-electron chi connectivity index (χ0n) is 21.0. The lowest BCUT2D eigenvalue weighted by Gasteiger charge is -2.22. The van der Waals surface area contributed by atoms with Crippen molar-refractivity contribution in [3.63, 3.8) is 0 Å². The van der Waals surface area contributed by atoms with E-state index in [1.165, 1.54) is 5.01 Å². The third-order valence-corrected chi connectivity index (χ3v) is 5.84. The molecule has 4 rings (SSSR count). The highest BCUT2D eigenvalue weighted by Gasteiger charge is 2.33. The number of methoxy groups -OCH3 is 1. The quantitative estimate of drug-likeness (QED) is 0.351. The Balaban J connectivity index is 1.34. The molecule has 0 saturated heterocycles. The molecule has 3 aromatic rings. The number of hydrogen-bond donors (Lipinski definition) is 0. The van der Waals surface area contributed by atoms with Crippen molar-refractivity contribution >= 4 is 17.6 Å². The summed E-state index contributed by atoms with van der Waals surface area (Å²) in [7, 11) is 1.61. The van der Waals surface area contributed by atoms with Gasteiger partial charge in [-0.05, 0) is 54.4 Å². The first-order chi connectivity index (χ1) is 18.1. The Morgan fingerprint density at radius 2 is 1.54 bits per heavy atom. The van der Waals surface area contributed by atoms with Gasteiger partial charge in [0.2, 0.25) is 0 Å². The van der Waals surface area contributed by atoms with Gasteiger partial charge in [0.15, 0.2) is 6.61 Å². The first kappa shape index (κ1) is 25.8. The van der Waals surface area contributed by atoms with Crippen LogP contribution in [-0.4, -0.2) is 49.5 Å². The van der Waals surface area contributed by atoms with Crippen molar-refractivity contribution < 1.29 is 28.5 Å². The summed E-state index contributed by atoms with van der Waals surface area (Å²) in [6.07, 6.45) is 0.562. The highest BCUT2D eigenvalue weighted by molar-refractivity contribution is 6.03. The molecule has 1 atom stereocenters. The molecule has 0 bridgehead atoms. The number of carbonyl (C=O) groups excluding carboxylic acids is 2. The summed E-state index contributed by atoms with van der Waals surface area (Å²) in [4.78, 5) is 25.3. The standard InChI is InChI=1S/C29H30N2O6/c1-3-35-24-13-15-25(16-14-24)36-18-17-29(33)37-20-28(32)31-27(22-9-11-23(34-2)12-10-22)19-26(30-31)21-7-5-4-6-8-21/h4-16,27H,3,17-20H2,1-2H3. The van der Waals surface area contributed by atoms with E-state index >= 15 is 0 Å². The van der Waals surface area contributed by atoms with Crippen LogP contribution >= 0.6 is 0 Å². The maximum Gasteiger partial charge on any atom is 0.309 e. The van der Waals surface area contributed by atoms with Crippen LogP contribution in [0.1, 0.15) is 36.9 Å². The predicted molar refractivity (Wildman–Crippen MR) is 139 cm³/mol. The van der Waals surface area contributed by atoms with Crippen LogP contribution in [0.15, 0.2) is 84.0 Å². The van der Waals surface area contributed by atoms with E-state index in [-0.39, 0.29) is 19.1 Å². The second kappa shape index (κ2) is 12.6. The lowest BCUT2D eigenvalue weighted by atomic mass is 9.98. The Morgan fingerprint density at radius 1 is 0.892 bits per heavy atom. The van der Waals surface area contributed by atoms with Gasteiger partial charge < -0.3 is 18.9 Å². The molecule has 0 fully saturated rings. The lowest BCUT2D eigenvalue weighted by Crippen LogP contribution is -2.31. The maximum absolute atomic E-state index is 13.1. The van der Waals surface area contributed by atoms with Gasteiger partial charge in [-0.2, -0.15) is 5.10 Å². The molecule has 0 N–H and O–H groups in total. The van der Waals surface area contributed by atoms with Gasteiger partial charge in [-0.15, -0.1) is 0 Å². The molecule has 3 aromatic carbocycles. The third-order valence-electron chi connectivity index (χ3n) is 5.84. The van der Waals surface area contributed by atoms with Crippen LogP contribution in [0, 0.1) is 0 Å². The van der Waals surface area contributed by atoms with Crippen LogP contribution in [0.3, 0.4) is 0 Å². The monoisotopic (exact) mass is 502 g/mol. The highest BCUT2D eigenvalue weighted by atomic mass is 16.5. The number of esters is 1. The van der Waals surface area contributed by atoms with Crippen LogP contribution in [0.5, 0.6) is 17.2 Å². The highest BCUT2D eigenvalue weighted by Crippen LogP contribution is 2.33. The van der Waals surface area contributed by atoms with E-state index in [0.717, 1.165) is 28.3 Å². The van der Waals surface area contributed by atoms with Gasteiger partial charge in [-0.25, -0.2) is 5.01 Å². The molecular weight excluding hydrogens is 472 g/mol. The van der Waals surface area contributed by atoms with Crippen molar-refractivity contribution in [1.29, 1.82) is 0 Å². The number of carbonyl (C=O) groups is 2. The molecule has 0 radical (unpaired) electrons. The molecule has 0 aromatic heterocycles. The van der Waals surface area contributed by atoms with Gasteiger partial charge in [0.05, 0.1) is 38.5 Å². The average molecular weight is 503 g/mol. The Hall–Kier alpha value is -4.33. The van der Waals surface area contributed by atoms with Crippen LogP contribution in [-0.2, 0) is 14.3 Å². The van der Waals surface area contributed by atoms with Crippen molar-refractivity contribution in [2.24, 2.45) is 5.10 Å². The van der Waals surface area contributed by atoms with Crippen molar-refractivity contribution in [3.05, 3.63) is 90.0 Å². The molecule has 1 heterocycles. The van der Waals surface area contributed by atoms with E-state index in [1.807, 2.05) is 61.5 Å². The average Bonchev–Trinajstić information content (AvgIpc) is 3.39. The summed E-state index contributed by atoms with van der Waals surface area (Å²) in [5.41, 5.74) is 2.66. The maximum atomic E-state index is 13.1. The Labute approximate surface area is 216 Å². The van der Waals surface area contributed by atoms with E-state index in [1.54, 1.807) is 31.4 Å². The number of ether oxygens (including phenoxy) is 4. The molecule has 0 spiro atoms. The summed E-state index contributed by atoms with van der Waals surface area (Å²) in [6.45, 7) is 2.23. The van der Waals surface area contributed by atoms with Crippen LogP contribution in [0.25, 0.3) is 0 Å². The summed E-state index contributed by atoms with van der Waals surface area (Å²) in [5, 5.41) is 6.01. The molecule has 37 heavy (non-hydrogen) atoms. The molecule has 192 valence electrons. The normalized spacial score (nSPS) is 14.6. The zero-order chi connectivity index (χ0) is 26.0. The van der Waals surface area contributed by atoms with E-state index < -0.39 is 18.5 Å². The molecule has 0 saturated carbocycles. The topological polar surface area (TPSA) is 86.7 Å². The van der Waals surface area contributed by atoms with Gasteiger partial charge in [0, 0.05) is 6.42 Å². The van der Waals surface area contributed by atoms with Crippen molar-refractivity contribution in [1.82, 2.24) is 5.01 Å². The van der Waals surface area contributed by atoms with Gasteiger partial charge in [-0.1, -0.05) is 42.5 Å². The van der Waals surface area contributed by atoms with E-state index in [9.17, 15) is 9.59 Å². The van der Waals surface area contributed by atoms with Gasteiger partial charge in [0.1, 0.15) is 17.2 Å². The molecule has 8 nitrogen and oxygen atoms in total. The Bertz CT molecular complexity index is 1210. The number of hydrazone groups is 1. The molecule has 8 heteroatoms. The molecule has 1 aliphatic heterocycles. The largest absolute Gasteiger partial charge is 0.497 e. The fourth-order valence-electron chi connectivity index (χ4n) is 3.96. The minimum atomic E-state index is -0.522. The predicted octanol–water partition coefficient (Wildman–Crippen LogP) is 4.78. The minimum Gasteiger partial charge on any atom is -0.497 e. The van der Waals surface area contributed by atoms with Crippen LogP contribution in [0.4, 0.5) is 0 Å². The summed E-state index contributed by atoms with van der Waals surface area (Å²) in [5.74, 6) is 1.18. The summed E-state index contributed by atoms with van der Waals surface area (Å²) >= 11 is 0. The summed E-state index contributed by atoms with van der Waals surface area (Å²) in [6, 6.07) is 24.1. The molecule has 1 aliphatic rings. The smallest absolute Gasteiger partial charge is 0.309 e. The second-order valence-electron chi connectivity index (χ2n) is 8.31. The molecule has 1 unspecified atom stereocenters. The SMILES string of the molecule is CCOc1ccc(OCCC(=O)OCC(=O)N2N=C(c3ccccc3)CC2c2ccc(OC)cc2)cc1. The van der Waals surface area contributed by atoms with Gasteiger partial charge >= 0.3 is 5.97 Å². The van der Waals surface area contributed by atoms with E-state index in [4.69, 9.17) is 18.9 Å². The molecular formula is C29H30N2O6. The van der Waals surface area contributed by atoms with Crippen molar-refractivity contribution in [2.45, 2.75) is 25.8 Å². The zero-order valence-corrected chi connectivity index (χ0v) is 21.0. The number of rotatable bonds is 11. The van der Waals surface area contributed by atoms with E-state index in [0.29, 0.717) is 18.8 Å². The fraction of sp³-hybridized carbons (Fsp3) is 0.276. The summed E-state index contributed by atoms with van der Waals surface area (Å²) < 4.78 is 21.5. The van der Waals surface area contributed by atoms with E-state index in [2.05, 4.69) is 5.10 Å². The number of benzene rings is 3. The number of hydrogen-bond acceptors (Lipinski definition) is 7. The first-order valence-electron chi connectivity index (χ1n) is 12.2. The molecule has 1 amide bonds.